The number of nitrogens with two attached hydrogens (primary N) is 1. The SMILES string of the molecule is CCC(C(N)c1ccccc1)N1CCCCCC1. The average molecular weight is 246 g/mol. The normalized spacial score (nSPS) is 21.2. The predicted octanol–water partition coefficient (Wildman–Crippen LogP) is 3.34. The smallest absolute Gasteiger partial charge is 0.0453 e. The van der Waals surface area contributed by atoms with E-state index in [0.29, 0.717) is 6.04 Å². The minimum atomic E-state index is 0.147. The van der Waals surface area contributed by atoms with Gasteiger partial charge < -0.3 is 5.73 Å². The van der Waals surface area contributed by atoms with Crippen LogP contribution in [0.2, 0.25) is 0 Å². The molecule has 0 saturated carbocycles. The van der Waals surface area contributed by atoms with Crippen LogP contribution in [0, 0.1) is 0 Å². The van der Waals surface area contributed by atoms with Crippen molar-refractivity contribution in [3.05, 3.63) is 35.9 Å². The summed E-state index contributed by atoms with van der Waals surface area (Å²) in [5.41, 5.74) is 7.76. The predicted molar refractivity (Wildman–Crippen MR) is 77.5 cm³/mol. The van der Waals surface area contributed by atoms with Gasteiger partial charge in [0.05, 0.1) is 0 Å². The van der Waals surface area contributed by atoms with E-state index in [1.807, 2.05) is 0 Å². The van der Waals surface area contributed by atoms with Crippen LogP contribution in [-0.2, 0) is 0 Å². The summed E-state index contributed by atoms with van der Waals surface area (Å²) < 4.78 is 0. The van der Waals surface area contributed by atoms with Crippen LogP contribution in [0.3, 0.4) is 0 Å². The van der Waals surface area contributed by atoms with Gasteiger partial charge in [-0.25, -0.2) is 0 Å². The molecule has 2 unspecified atom stereocenters. The molecule has 2 rings (SSSR count). The van der Waals surface area contributed by atoms with E-state index in [1.165, 1.54) is 44.3 Å². The molecule has 1 aromatic carbocycles. The van der Waals surface area contributed by atoms with E-state index < -0.39 is 0 Å². The first-order valence-corrected chi connectivity index (χ1v) is 7.37. The van der Waals surface area contributed by atoms with Gasteiger partial charge >= 0.3 is 0 Å². The number of nitrogens with zero attached hydrogens (tertiary/aromatic N) is 1. The van der Waals surface area contributed by atoms with Gasteiger partial charge in [-0.2, -0.15) is 0 Å². The zero-order valence-electron chi connectivity index (χ0n) is 11.5. The Morgan fingerprint density at radius 2 is 1.67 bits per heavy atom. The van der Waals surface area contributed by atoms with Gasteiger partial charge in [-0.05, 0) is 37.9 Å². The van der Waals surface area contributed by atoms with Crippen molar-refractivity contribution in [2.24, 2.45) is 5.73 Å². The lowest BCUT2D eigenvalue weighted by atomic mass is 9.96. The zero-order valence-corrected chi connectivity index (χ0v) is 11.5. The molecule has 2 heteroatoms. The van der Waals surface area contributed by atoms with Crippen molar-refractivity contribution in [2.45, 2.75) is 51.1 Å². The highest BCUT2D eigenvalue weighted by Gasteiger charge is 2.24. The van der Waals surface area contributed by atoms with Crippen LogP contribution in [0.4, 0.5) is 0 Å². The van der Waals surface area contributed by atoms with Gasteiger partial charge in [-0.15, -0.1) is 0 Å². The Morgan fingerprint density at radius 3 is 2.22 bits per heavy atom. The molecule has 1 saturated heterocycles. The minimum absolute atomic E-state index is 0.147. The van der Waals surface area contributed by atoms with Gasteiger partial charge in [0.2, 0.25) is 0 Å². The molecule has 0 spiro atoms. The maximum atomic E-state index is 6.49. The molecule has 0 aliphatic carbocycles. The number of likely N-dealkylation sites (tertiary alicyclic amines) is 1. The summed E-state index contributed by atoms with van der Waals surface area (Å²) in [5, 5.41) is 0. The monoisotopic (exact) mass is 246 g/mol. The maximum absolute atomic E-state index is 6.49. The molecule has 2 N–H and O–H groups in total. The third-order valence-corrected chi connectivity index (χ3v) is 4.13. The number of rotatable bonds is 4. The fraction of sp³-hybridized carbons (Fsp3) is 0.625. The second-order valence-corrected chi connectivity index (χ2v) is 5.36. The fourth-order valence-corrected chi connectivity index (χ4v) is 3.06. The second kappa shape index (κ2) is 6.91. The summed E-state index contributed by atoms with van der Waals surface area (Å²) in [5.74, 6) is 0. The Hall–Kier alpha value is -0.860. The second-order valence-electron chi connectivity index (χ2n) is 5.36. The molecular weight excluding hydrogens is 220 g/mol. The molecule has 0 radical (unpaired) electrons. The van der Waals surface area contributed by atoms with E-state index in [1.54, 1.807) is 0 Å². The first kappa shape index (κ1) is 13.6. The molecule has 18 heavy (non-hydrogen) atoms. The van der Waals surface area contributed by atoms with E-state index in [2.05, 4.69) is 42.2 Å². The lowest BCUT2D eigenvalue weighted by Gasteiger charge is -2.34. The summed E-state index contributed by atoms with van der Waals surface area (Å²) >= 11 is 0. The lowest BCUT2D eigenvalue weighted by molar-refractivity contribution is 0.172. The van der Waals surface area contributed by atoms with Crippen LogP contribution in [0.25, 0.3) is 0 Å². The molecular formula is C16H26N2. The summed E-state index contributed by atoms with van der Waals surface area (Å²) in [6.45, 7) is 4.70. The van der Waals surface area contributed by atoms with Gasteiger partial charge in [-0.3, -0.25) is 4.90 Å². The summed E-state index contributed by atoms with van der Waals surface area (Å²) in [7, 11) is 0. The van der Waals surface area contributed by atoms with Crippen molar-refractivity contribution in [3.8, 4) is 0 Å². The maximum Gasteiger partial charge on any atom is 0.0453 e. The number of hydrogen-bond acceptors (Lipinski definition) is 2. The average Bonchev–Trinajstić information content (AvgIpc) is 2.70. The third-order valence-electron chi connectivity index (χ3n) is 4.13. The fourth-order valence-electron chi connectivity index (χ4n) is 3.06. The zero-order chi connectivity index (χ0) is 12.8. The molecule has 100 valence electrons. The van der Waals surface area contributed by atoms with Crippen LogP contribution in [0.1, 0.15) is 50.6 Å². The summed E-state index contributed by atoms with van der Waals surface area (Å²) in [4.78, 5) is 2.62. The van der Waals surface area contributed by atoms with Gasteiger partial charge in [-0.1, -0.05) is 50.1 Å². The van der Waals surface area contributed by atoms with E-state index >= 15 is 0 Å². The van der Waals surface area contributed by atoms with Crippen molar-refractivity contribution in [3.63, 3.8) is 0 Å². The van der Waals surface area contributed by atoms with Crippen molar-refractivity contribution >= 4 is 0 Å². The molecule has 1 aliphatic heterocycles. The third kappa shape index (κ3) is 3.33. The van der Waals surface area contributed by atoms with Crippen molar-refractivity contribution < 1.29 is 0 Å². The molecule has 0 aromatic heterocycles. The Labute approximate surface area is 111 Å². The van der Waals surface area contributed by atoms with E-state index in [0.717, 1.165) is 6.42 Å². The Kier molecular flexibility index (Phi) is 5.21. The highest BCUT2D eigenvalue weighted by Crippen LogP contribution is 2.23. The number of hydrogen-bond donors (Lipinski definition) is 1. The van der Waals surface area contributed by atoms with Crippen molar-refractivity contribution in [2.75, 3.05) is 13.1 Å². The first-order valence-electron chi connectivity index (χ1n) is 7.37. The Bertz CT molecular complexity index is 328. The van der Waals surface area contributed by atoms with E-state index in [4.69, 9.17) is 5.73 Å². The molecule has 0 amide bonds. The van der Waals surface area contributed by atoms with Crippen LogP contribution in [-0.4, -0.2) is 24.0 Å². The van der Waals surface area contributed by atoms with Gasteiger partial charge in [0.15, 0.2) is 0 Å². The highest BCUT2D eigenvalue weighted by atomic mass is 15.2. The van der Waals surface area contributed by atoms with Gasteiger partial charge in [0.1, 0.15) is 0 Å². The molecule has 0 bridgehead atoms. The first-order chi connectivity index (χ1) is 8.83. The van der Waals surface area contributed by atoms with E-state index in [9.17, 15) is 0 Å². The highest BCUT2D eigenvalue weighted by molar-refractivity contribution is 5.20. The largest absolute Gasteiger partial charge is 0.323 e. The van der Waals surface area contributed by atoms with E-state index in [-0.39, 0.29) is 6.04 Å². The van der Waals surface area contributed by atoms with Crippen LogP contribution in [0.15, 0.2) is 30.3 Å². The van der Waals surface area contributed by atoms with Crippen LogP contribution < -0.4 is 5.73 Å². The number of benzene rings is 1. The lowest BCUT2D eigenvalue weighted by Crippen LogP contribution is -2.43. The topological polar surface area (TPSA) is 29.3 Å². The molecule has 2 atom stereocenters. The van der Waals surface area contributed by atoms with Crippen molar-refractivity contribution in [1.82, 2.24) is 4.90 Å². The minimum Gasteiger partial charge on any atom is -0.323 e. The Morgan fingerprint density at radius 1 is 1.06 bits per heavy atom. The summed E-state index contributed by atoms with van der Waals surface area (Å²) in [6.07, 6.45) is 6.56. The molecule has 1 aliphatic rings. The molecule has 1 fully saturated rings. The molecule has 2 nitrogen and oxygen atoms in total. The summed E-state index contributed by atoms with van der Waals surface area (Å²) in [6, 6.07) is 11.2. The van der Waals surface area contributed by atoms with Gasteiger partial charge in [0, 0.05) is 12.1 Å². The standard InChI is InChI=1S/C16H26N2/c1-2-15(18-12-8-3-4-9-13-18)16(17)14-10-6-5-7-11-14/h5-7,10-11,15-16H,2-4,8-9,12-13,17H2,1H3. The van der Waals surface area contributed by atoms with Gasteiger partial charge in [0.25, 0.3) is 0 Å². The quantitative estimate of drug-likeness (QED) is 0.883. The molecule has 1 heterocycles. The molecule has 1 aromatic rings. The Balaban J connectivity index is 2.07. The van der Waals surface area contributed by atoms with Crippen LogP contribution in [0.5, 0.6) is 0 Å². The van der Waals surface area contributed by atoms with Crippen LogP contribution >= 0.6 is 0 Å². The van der Waals surface area contributed by atoms with Crippen molar-refractivity contribution in [1.29, 1.82) is 0 Å².